The van der Waals surface area contributed by atoms with Crippen LogP contribution >= 0.6 is 0 Å². The molecule has 3 aliphatic rings. The maximum Gasteiger partial charge on any atom is 0.258 e. The second-order valence-electron chi connectivity index (χ2n) is 10.2. The molecule has 4 heteroatoms. The van der Waals surface area contributed by atoms with Gasteiger partial charge in [0.05, 0.1) is 6.61 Å². The molecule has 0 spiro atoms. The van der Waals surface area contributed by atoms with Gasteiger partial charge in [0, 0.05) is 6.07 Å². The summed E-state index contributed by atoms with van der Waals surface area (Å²) in [6.07, 6.45) is 19.3. The summed E-state index contributed by atoms with van der Waals surface area (Å²) in [7, 11) is 0. The molecule has 4 rings (SSSR count). The quantitative estimate of drug-likeness (QED) is 0.301. The van der Waals surface area contributed by atoms with Gasteiger partial charge in [-0.15, -0.1) is 0 Å². The lowest BCUT2D eigenvalue weighted by molar-refractivity contribution is 0.184. The number of ether oxygens (including phenoxy) is 2. The van der Waals surface area contributed by atoms with Gasteiger partial charge < -0.3 is 9.47 Å². The van der Waals surface area contributed by atoms with Crippen LogP contribution in [0.3, 0.4) is 0 Å². The summed E-state index contributed by atoms with van der Waals surface area (Å²) >= 11 is 0. The molecule has 0 bridgehead atoms. The second-order valence-corrected chi connectivity index (χ2v) is 10.2. The molecule has 0 N–H and O–H groups in total. The van der Waals surface area contributed by atoms with Crippen molar-refractivity contribution >= 4 is 0 Å². The van der Waals surface area contributed by atoms with Crippen molar-refractivity contribution in [3.8, 4) is 11.6 Å². The fraction of sp³-hybridized carbons (Fsp3) is 0.741. The molecule has 2 fully saturated rings. The van der Waals surface area contributed by atoms with Crippen LogP contribution in [-0.4, -0.2) is 18.2 Å². The Bertz CT molecular complexity index is 720. The fourth-order valence-electron chi connectivity index (χ4n) is 5.97. The minimum absolute atomic E-state index is 0.243. The Morgan fingerprint density at radius 3 is 2.42 bits per heavy atom. The molecule has 1 aromatic rings. The minimum atomic E-state index is -0.563. The smallest absolute Gasteiger partial charge is 0.258 e. The Morgan fingerprint density at radius 2 is 1.74 bits per heavy atom. The summed E-state index contributed by atoms with van der Waals surface area (Å²) in [5, 5.41) is 0. The maximum atomic E-state index is 14.3. The van der Waals surface area contributed by atoms with Crippen molar-refractivity contribution in [3.05, 3.63) is 29.7 Å². The molecule has 1 atom stereocenters. The topological polar surface area (TPSA) is 31.4 Å². The summed E-state index contributed by atoms with van der Waals surface area (Å²) in [5.74, 6) is 3.33. The largest absolute Gasteiger partial charge is 0.488 e. The summed E-state index contributed by atoms with van der Waals surface area (Å²) < 4.78 is 25.8. The van der Waals surface area contributed by atoms with E-state index >= 15 is 0 Å². The van der Waals surface area contributed by atoms with Gasteiger partial charge >= 0.3 is 0 Å². The molecule has 2 saturated carbocycles. The van der Waals surface area contributed by atoms with Gasteiger partial charge in [0.15, 0.2) is 5.75 Å². The summed E-state index contributed by atoms with van der Waals surface area (Å²) in [5.41, 5.74) is 1.33. The predicted molar refractivity (Wildman–Crippen MR) is 123 cm³/mol. The average Bonchev–Trinajstić information content (AvgIpc) is 3.32. The average molecular weight is 430 g/mol. The first-order chi connectivity index (χ1) is 15.2. The summed E-state index contributed by atoms with van der Waals surface area (Å²) in [4.78, 5) is 3.97. The third kappa shape index (κ3) is 6.46. The highest BCUT2D eigenvalue weighted by Gasteiger charge is 2.28. The summed E-state index contributed by atoms with van der Waals surface area (Å²) in [6.45, 7) is 3.42. The predicted octanol–water partition coefficient (Wildman–Crippen LogP) is 7.50. The van der Waals surface area contributed by atoms with E-state index in [1.54, 1.807) is 12.1 Å². The van der Waals surface area contributed by atoms with Gasteiger partial charge in [-0.2, -0.15) is 9.37 Å². The molecule has 0 aromatic carbocycles. The molecule has 3 aliphatic carbocycles. The Kier molecular flexibility index (Phi) is 8.27. The van der Waals surface area contributed by atoms with E-state index in [9.17, 15) is 4.39 Å². The zero-order valence-electron chi connectivity index (χ0n) is 19.3. The van der Waals surface area contributed by atoms with E-state index in [4.69, 9.17) is 9.47 Å². The molecule has 1 aromatic heterocycles. The van der Waals surface area contributed by atoms with Gasteiger partial charge in [0.25, 0.3) is 5.95 Å². The molecule has 172 valence electrons. The first-order valence-electron chi connectivity index (χ1n) is 12.8. The molecule has 1 heterocycles. The lowest BCUT2D eigenvalue weighted by Crippen LogP contribution is -2.23. The number of halogens is 1. The van der Waals surface area contributed by atoms with Crippen molar-refractivity contribution in [2.45, 2.75) is 90.4 Å². The molecule has 1 unspecified atom stereocenters. The Morgan fingerprint density at radius 1 is 0.935 bits per heavy atom. The molecule has 31 heavy (non-hydrogen) atoms. The van der Waals surface area contributed by atoms with Crippen molar-refractivity contribution in [1.29, 1.82) is 0 Å². The van der Waals surface area contributed by atoms with Crippen LogP contribution in [0, 0.1) is 29.6 Å². The molecule has 0 saturated heterocycles. The van der Waals surface area contributed by atoms with Crippen LogP contribution in [0.5, 0.6) is 11.6 Å². The Balaban J connectivity index is 1.19. The third-order valence-electron chi connectivity index (χ3n) is 7.94. The number of rotatable bonds is 9. The van der Waals surface area contributed by atoms with Crippen molar-refractivity contribution in [2.75, 3.05) is 13.2 Å². The van der Waals surface area contributed by atoms with Crippen molar-refractivity contribution < 1.29 is 13.9 Å². The highest BCUT2D eigenvalue weighted by atomic mass is 19.1. The van der Waals surface area contributed by atoms with Crippen LogP contribution < -0.4 is 9.47 Å². The lowest BCUT2D eigenvalue weighted by Gasteiger charge is -2.35. The van der Waals surface area contributed by atoms with Crippen LogP contribution in [0.15, 0.2) is 23.8 Å². The van der Waals surface area contributed by atoms with Crippen LogP contribution in [0.1, 0.15) is 90.4 Å². The number of allylic oxidation sites excluding steroid dienone is 1. The van der Waals surface area contributed by atoms with Gasteiger partial charge in [-0.3, -0.25) is 0 Å². The fourth-order valence-corrected chi connectivity index (χ4v) is 5.97. The van der Waals surface area contributed by atoms with Gasteiger partial charge in [-0.25, -0.2) is 0 Å². The van der Waals surface area contributed by atoms with E-state index in [-0.39, 0.29) is 5.75 Å². The van der Waals surface area contributed by atoms with Crippen molar-refractivity contribution in [3.63, 3.8) is 0 Å². The highest BCUT2D eigenvalue weighted by molar-refractivity contribution is 5.25. The molecular formula is C27H40FNO2. The zero-order chi connectivity index (χ0) is 21.5. The molecule has 0 aliphatic heterocycles. The van der Waals surface area contributed by atoms with Gasteiger partial charge in [0.2, 0.25) is 5.88 Å². The van der Waals surface area contributed by atoms with Crippen LogP contribution in [0.4, 0.5) is 4.39 Å². The van der Waals surface area contributed by atoms with E-state index < -0.39 is 5.95 Å². The SMILES string of the molecule is CCCC1CCC(C2CC=C(COc3ccc(OCC4CCCC4)c(F)n3)CC2)CC1. The lowest BCUT2D eigenvalue weighted by atomic mass is 9.71. The zero-order valence-corrected chi connectivity index (χ0v) is 19.3. The van der Waals surface area contributed by atoms with E-state index in [2.05, 4.69) is 18.0 Å². The molecular weight excluding hydrogens is 389 g/mol. The second kappa shape index (κ2) is 11.3. The van der Waals surface area contributed by atoms with Crippen molar-refractivity contribution in [1.82, 2.24) is 4.98 Å². The van der Waals surface area contributed by atoms with Gasteiger partial charge in [0.1, 0.15) is 6.61 Å². The Hall–Kier alpha value is -1.58. The standard InChI is InChI=1S/C27H40FNO2/c1-2-5-20-8-12-23(13-9-20)24-14-10-22(11-15-24)19-31-26-17-16-25(27(28)29-26)30-18-21-6-3-4-7-21/h10,16-17,20-21,23-24H,2-9,11-15,18-19H2,1H3. The third-order valence-corrected chi connectivity index (χ3v) is 7.94. The van der Waals surface area contributed by atoms with E-state index in [1.807, 2.05) is 0 Å². The monoisotopic (exact) mass is 429 g/mol. The highest BCUT2D eigenvalue weighted by Crippen LogP contribution is 2.40. The molecule has 3 nitrogen and oxygen atoms in total. The van der Waals surface area contributed by atoms with E-state index in [0.717, 1.165) is 24.2 Å². The first-order valence-corrected chi connectivity index (χ1v) is 12.8. The molecule has 0 amide bonds. The first kappa shape index (κ1) is 22.6. The number of hydrogen-bond donors (Lipinski definition) is 0. The van der Waals surface area contributed by atoms with E-state index in [0.29, 0.717) is 25.0 Å². The van der Waals surface area contributed by atoms with Crippen LogP contribution in [0.25, 0.3) is 0 Å². The van der Waals surface area contributed by atoms with Crippen LogP contribution in [-0.2, 0) is 0 Å². The molecule has 0 radical (unpaired) electrons. The van der Waals surface area contributed by atoms with Crippen LogP contribution in [0.2, 0.25) is 0 Å². The summed E-state index contributed by atoms with van der Waals surface area (Å²) in [6, 6.07) is 3.39. The number of aromatic nitrogens is 1. The normalized spacial score (nSPS) is 27.2. The van der Waals surface area contributed by atoms with Gasteiger partial charge in [-0.1, -0.05) is 51.5 Å². The number of hydrogen-bond acceptors (Lipinski definition) is 3. The van der Waals surface area contributed by atoms with Crippen molar-refractivity contribution in [2.24, 2.45) is 23.7 Å². The Labute approximate surface area is 187 Å². The van der Waals surface area contributed by atoms with Gasteiger partial charge in [-0.05, 0) is 80.3 Å². The maximum absolute atomic E-state index is 14.3. The minimum Gasteiger partial charge on any atom is -0.488 e. The number of nitrogens with zero attached hydrogens (tertiary/aromatic N) is 1. The van der Waals surface area contributed by atoms with E-state index in [1.165, 1.54) is 82.6 Å². The number of pyridine rings is 1.